The Morgan fingerprint density at radius 2 is 1.69 bits per heavy atom. The van der Waals surface area contributed by atoms with Crippen molar-refractivity contribution in [3.63, 3.8) is 0 Å². The van der Waals surface area contributed by atoms with Crippen molar-refractivity contribution in [1.82, 2.24) is 4.90 Å². The number of carbonyl (C=O) groups is 4. The number of cyclic esters (lactones) is 1. The fourth-order valence-electron chi connectivity index (χ4n) is 8.12. The zero-order valence-electron chi connectivity index (χ0n) is 36.8. The predicted octanol–water partition coefficient (Wildman–Crippen LogP) is 3.40. The van der Waals surface area contributed by atoms with Crippen molar-refractivity contribution in [3.8, 4) is 0 Å². The van der Waals surface area contributed by atoms with Gasteiger partial charge in [0.25, 0.3) is 0 Å². The van der Waals surface area contributed by atoms with Crippen molar-refractivity contribution in [2.75, 3.05) is 21.2 Å². The normalized spacial score (nSPS) is 40.2. The second-order valence-electron chi connectivity index (χ2n) is 17.2. The molecule has 3 aliphatic rings. The molecule has 0 aliphatic carbocycles. The zero-order valence-corrected chi connectivity index (χ0v) is 36.8. The van der Waals surface area contributed by atoms with Crippen molar-refractivity contribution < 1.29 is 72.4 Å². The average Bonchev–Trinajstić information content (AvgIpc) is 3.13. The average molecular weight is 842 g/mol. The van der Waals surface area contributed by atoms with Gasteiger partial charge in [0.15, 0.2) is 18.7 Å². The van der Waals surface area contributed by atoms with E-state index in [1.165, 1.54) is 7.11 Å². The molecule has 0 bridgehead atoms. The lowest BCUT2D eigenvalue weighted by atomic mass is 9.82. The van der Waals surface area contributed by atoms with E-state index in [0.29, 0.717) is 6.42 Å². The Hall–Kier alpha value is -2.80. The Kier molecular flexibility index (Phi) is 20.1. The van der Waals surface area contributed by atoms with Crippen LogP contribution in [0.2, 0.25) is 0 Å². The number of nitrogens with zero attached hydrogens (tertiary/aromatic N) is 1. The molecular weight excluding hydrogens is 770 g/mol. The van der Waals surface area contributed by atoms with Crippen LogP contribution in [0.5, 0.6) is 0 Å². The minimum Gasteiger partial charge on any atom is -0.462 e. The minimum absolute atomic E-state index is 0.00123. The molecule has 59 heavy (non-hydrogen) atoms. The minimum atomic E-state index is -1.50. The number of esters is 3. The first-order valence-corrected chi connectivity index (χ1v) is 21.0. The van der Waals surface area contributed by atoms with Gasteiger partial charge in [-0.05, 0) is 66.0 Å². The van der Waals surface area contributed by atoms with Gasteiger partial charge in [0.2, 0.25) is 0 Å². The maximum absolute atomic E-state index is 13.3. The van der Waals surface area contributed by atoms with Gasteiger partial charge < -0.3 is 62.9 Å². The van der Waals surface area contributed by atoms with Crippen LogP contribution in [0.25, 0.3) is 0 Å². The summed E-state index contributed by atoms with van der Waals surface area (Å²) in [5, 5.41) is 34.7. The Labute approximate surface area is 349 Å². The summed E-state index contributed by atoms with van der Waals surface area (Å²) in [6.07, 6.45) is -4.07. The molecular formula is C43H71NO15. The Morgan fingerprint density at radius 1 is 1.00 bits per heavy atom. The highest BCUT2D eigenvalue weighted by atomic mass is 16.7. The summed E-state index contributed by atoms with van der Waals surface area (Å²) in [6, 6.07) is -0.782. The SMILES string of the molecule is CCC(=O)OC1CC(=O)OC(C)C/C=C/C=C\C(O)C(C)CC(CC=O)C(OC2OC(C)C(OC3CC(C)(O)C(OC(=O)CC(C)C)C(C)O3)C(N(C)C)C2O)C1OC. The van der Waals surface area contributed by atoms with Gasteiger partial charge in [-0.3, -0.25) is 14.4 Å². The van der Waals surface area contributed by atoms with Crippen LogP contribution in [0, 0.1) is 17.8 Å². The lowest BCUT2D eigenvalue weighted by molar-refractivity contribution is -0.344. The van der Waals surface area contributed by atoms with Crippen LogP contribution in [-0.2, 0) is 57.1 Å². The zero-order chi connectivity index (χ0) is 44.2. The number of aliphatic hydroxyl groups is 3. The molecule has 3 rings (SSSR count). The van der Waals surface area contributed by atoms with E-state index < -0.39 is 121 Å². The number of likely N-dealkylation sites (N-methyl/N-ethyl adjacent to an activating group) is 1. The molecule has 3 aliphatic heterocycles. The lowest BCUT2D eigenvalue weighted by Gasteiger charge is -2.50. The van der Waals surface area contributed by atoms with Crippen LogP contribution in [0.3, 0.4) is 0 Å². The predicted molar refractivity (Wildman–Crippen MR) is 214 cm³/mol. The number of carbonyl (C=O) groups excluding carboxylic acids is 4. The monoisotopic (exact) mass is 841 g/mol. The molecule has 2 fully saturated rings. The first kappa shape index (κ1) is 50.6. The van der Waals surface area contributed by atoms with Gasteiger partial charge in [0.05, 0.1) is 36.9 Å². The van der Waals surface area contributed by atoms with E-state index in [2.05, 4.69) is 0 Å². The van der Waals surface area contributed by atoms with Crippen LogP contribution in [0.15, 0.2) is 24.3 Å². The smallest absolute Gasteiger partial charge is 0.309 e. The molecule has 16 atom stereocenters. The highest BCUT2D eigenvalue weighted by molar-refractivity contribution is 5.72. The van der Waals surface area contributed by atoms with Gasteiger partial charge in [0, 0.05) is 39.2 Å². The number of rotatable bonds is 13. The molecule has 0 aromatic carbocycles. The molecule has 3 heterocycles. The van der Waals surface area contributed by atoms with Crippen LogP contribution < -0.4 is 0 Å². The molecule has 16 heteroatoms. The molecule has 16 unspecified atom stereocenters. The fourth-order valence-corrected chi connectivity index (χ4v) is 8.12. The van der Waals surface area contributed by atoms with E-state index in [4.69, 9.17) is 37.9 Å². The fraction of sp³-hybridized carbons (Fsp3) is 0.814. The summed E-state index contributed by atoms with van der Waals surface area (Å²) in [5.41, 5.74) is -1.50. The van der Waals surface area contributed by atoms with E-state index >= 15 is 0 Å². The van der Waals surface area contributed by atoms with Crippen molar-refractivity contribution in [1.29, 1.82) is 0 Å². The number of aldehydes is 1. The molecule has 2 saturated heterocycles. The standard InChI is InChI=1S/C43H71NO15/c1-12-32(47)56-31-22-34(49)53-26(5)16-14-13-15-17-30(46)25(4)21-29(18-19-45)39(40(31)52-11)59-42-37(50)36(44(9)10)38(27(6)55-42)58-35-23-43(8,51)41(28(7)54-35)57-33(48)20-24(2)3/h13-15,17,19,24-31,35-42,46,50-51H,12,16,18,20-23H2,1-11H3/b14-13+,17-15-. The highest BCUT2D eigenvalue weighted by Crippen LogP contribution is 2.38. The summed E-state index contributed by atoms with van der Waals surface area (Å²) in [6.45, 7) is 14.0. The third kappa shape index (κ3) is 14.7. The molecule has 3 N–H and O–H groups in total. The number of aliphatic hydroxyl groups excluding tert-OH is 2. The maximum atomic E-state index is 13.3. The van der Waals surface area contributed by atoms with Gasteiger partial charge >= 0.3 is 17.9 Å². The summed E-state index contributed by atoms with van der Waals surface area (Å²) in [4.78, 5) is 52.8. The van der Waals surface area contributed by atoms with Crippen molar-refractivity contribution in [3.05, 3.63) is 24.3 Å². The largest absolute Gasteiger partial charge is 0.462 e. The number of allylic oxidation sites excluding steroid dienone is 2. The van der Waals surface area contributed by atoms with E-state index in [-0.39, 0.29) is 38.0 Å². The van der Waals surface area contributed by atoms with Gasteiger partial charge in [-0.2, -0.15) is 0 Å². The summed E-state index contributed by atoms with van der Waals surface area (Å²) in [7, 11) is 4.87. The first-order chi connectivity index (χ1) is 27.7. The Bertz CT molecular complexity index is 1400. The van der Waals surface area contributed by atoms with Gasteiger partial charge in [0.1, 0.15) is 42.4 Å². The van der Waals surface area contributed by atoms with E-state index in [9.17, 15) is 34.5 Å². The maximum Gasteiger partial charge on any atom is 0.309 e. The van der Waals surface area contributed by atoms with Crippen LogP contribution in [0.1, 0.15) is 100 Å². The van der Waals surface area contributed by atoms with Crippen LogP contribution in [0.4, 0.5) is 0 Å². The third-order valence-corrected chi connectivity index (χ3v) is 11.2. The molecule has 0 amide bonds. The highest BCUT2D eigenvalue weighted by Gasteiger charge is 2.53. The second kappa shape index (κ2) is 23.4. The molecule has 0 radical (unpaired) electrons. The number of methoxy groups -OCH3 is 1. The van der Waals surface area contributed by atoms with Crippen molar-refractivity contribution >= 4 is 24.2 Å². The molecule has 0 spiro atoms. The number of ether oxygens (including phenoxy) is 8. The molecule has 338 valence electrons. The Balaban J connectivity index is 1.99. The van der Waals surface area contributed by atoms with Crippen LogP contribution >= 0.6 is 0 Å². The first-order valence-electron chi connectivity index (χ1n) is 21.0. The summed E-state index contributed by atoms with van der Waals surface area (Å²) < 4.78 is 48.9. The Morgan fingerprint density at radius 3 is 2.29 bits per heavy atom. The lowest BCUT2D eigenvalue weighted by Crippen LogP contribution is -2.66. The van der Waals surface area contributed by atoms with E-state index in [1.807, 2.05) is 26.8 Å². The summed E-state index contributed by atoms with van der Waals surface area (Å²) in [5.74, 6) is -2.72. The molecule has 0 aromatic rings. The van der Waals surface area contributed by atoms with Crippen molar-refractivity contribution in [2.24, 2.45) is 17.8 Å². The topological polar surface area (TPSA) is 206 Å². The number of hydrogen-bond acceptors (Lipinski definition) is 16. The molecule has 0 aromatic heterocycles. The second-order valence-corrected chi connectivity index (χ2v) is 17.2. The third-order valence-electron chi connectivity index (χ3n) is 11.2. The van der Waals surface area contributed by atoms with Gasteiger partial charge in [-0.15, -0.1) is 0 Å². The van der Waals surface area contributed by atoms with Gasteiger partial charge in [-0.25, -0.2) is 0 Å². The van der Waals surface area contributed by atoms with Crippen molar-refractivity contribution in [2.45, 2.75) is 186 Å². The summed E-state index contributed by atoms with van der Waals surface area (Å²) >= 11 is 0. The van der Waals surface area contributed by atoms with E-state index in [0.717, 1.165) is 6.29 Å². The molecule has 0 saturated carbocycles. The quantitative estimate of drug-likeness (QED) is 0.138. The molecule has 16 nitrogen and oxygen atoms in total. The van der Waals surface area contributed by atoms with E-state index in [1.54, 1.807) is 71.8 Å². The number of hydrogen-bond donors (Lipinski definition) is 3. The van der Waals surface area contributed by atoms with Crippen LogP contribution in [-0.4, -0.2) is 151 Å². The van der Waals surface area contributed by atoms with Gasteiger partial charge in [-0.1, -0.05) is 52.0 Å².